The molecule has 4 aliphatic heterocycles. The van der Waals surface area contributed by atoms with Gasteiger partial charge in [0.1, 0.15) is 24.4 Å². The van der Waals surface area contributed by atoms with Gasteiger partial charge < -0.3 is 30.1 Å². The summed E-state index contributed by atoms with van der Waals surface area (Å²) in [6.07, 6.45) is 6.92. The van der Waals surface area contributed by atoms with Crippen molar-refractivity contribution in [2.24, 2.45) is 11.7 Å². The standard InChI is InChI=1S/C26H41N5O5/c1-3-17(2)22(27)26(36)31-15-7-11-21(31)25(35)30-14-6-10-20(30)24(34)29-13-5-9-19(29)23(33)28-12-4-8-18(28)16-32/h16-22H,3-15,27H2,1-2H3/t17-,18-,19-,20-,21-,22-/m0/s1. The maximum absolute atomic E-state index is 13.7. The van der Waals surface area contributed by atoms with Gasteiger partial charge in [-0.2, -0.15) is 0 Å². The molecule has 0 aromatic heterocycles. The molecule has 0 radical (unpaired) electrons. The summed E-state index contributed by atoms with van der Waals surface area (Å²) in [7, 11) is 0. The van der Waals surface area contributed by atoms with Gasteiger partial charge in [0.25, 0.3) is 0 Å². The highest BCUT2D eigenvalue weighted by molar-refractivity contribution is 5.96. The normalized spacial score (nSPS) is 30.1. The molecule has 200 valence electrons. The first-order chi connectivity index (χ1) is 17.3. The number of rotatable bonds is 7. The fourth-order valence-corrected chi connectivity index (χ4v) is 6.33. The average molecular weight is 504 g/mol. The summed E-state index contributed by atoms with van der Waals surface area (Å²) >= 11 is 0. The Labute approximate surface area is 213 Å². The third kappa shape index (κ3) is 4.88. The van der Waals surface area contributed by atoms with Crippen LogP contribution < -0.4 is 5.73 Å². The molecule has 2 N–H and O–H groups in total. The summed E-state index contributed by atoms with van der Waals surface area (Å²) in [6.45, 7) is 5.92. The van der Waals surface area contributed by atoms with Crippen molar-refractivity contribution >= 4 is 29.9 Å². The van der Waals surface area contributed by atoms with Crippen molar-refractivity contribution in [2.75, 3.05) is 26.2 Å². The Balaban J connectivity index is 1.46. The number of aldehydes is 1. The lowest BCUT2D eigenvalue weighted by Gasteiger charge is -2.35. The molecule has 36 heavy (non-hydrogen) atoms. The third-order valence-electron chi connectivity index (χ3n) is 8.74. The number of carbonyl (C=O) groups excluding carboxylic acids is 5. The van der Waals surface area contributed by atoms with Gasteiger partial charge in [0.2, 0.25) is 23.6 Å². The van der Waals surface area contributed by atoms with Crippen LogP contribution in [0, 0.1) is 5.92 Å². The van der Waals surface area contributed by atoms with Gasteiger partial charge in [0.05, 0.1) is 12.1 Å². The second-order valence-corrected chi connectivity index (χ2v) is 10.9. The molecule has 0 aromatic rings. The summed E-state index contributed by atoms with van der Waals surface area (Å²) in [4.78, 5) is 71.6. The molecule has 4 aliphatic rings. The number of hydrogen-bond acceptors (Lipinski definition) is 6. The molecule has 0 aromatic carbocycles. The number of likely N-dealkylation sites (tertiary alicyclic amines) is 4. The molecule has 4 rings (SSSR count). The Kier molecular flexibility index (Phi) is 8.32. The van der Waals surface area contributed by atoms with Crippen LogP contribution in [0.1, 0.15) is 71.6 Å². The summed E-state index contributed by atoms with van der Waals surface area (Å²) < 4.78 is 0. The van der Waals surface area contributed by atoms with Crippen molar-refractivity contribution in [1.29, 1.82) is 0 Å². The van der Waals surface area contributed by atoms with E-state index in [1.165, 1.54) is 0 Å². The van der Waals surface area contributed by atoms with Crippen molar-refractivity contribution in [3.05, 3.63) is 0 Å². The molecule has 0 aliphatic carbocycles. The first-order valence-electron chi connectivity index (χ1n) is 13.7. The van der Waals surface area contributed by atoms with Crippen LogP contribution >= 0.6 is 0 Å². The SMILES string of the molecule is CC[C@H](C)[C@H](N)C(=O)N1CCC[C@H]1C(=O)N1CCC[C@H]1C(=O)N1CCC[C@H]1C(=O)N1CCC[C@H]1C=O. The van der Waals surface area contributed by atoms with Crippen LogP contribution in [-0.4, -0.2) is 106 Å². The molecule has 4 heterocycles. The van der Waals surface area contributed by atoms with E-state index in [9.17, 15) is 24.0 Å². The van der Waals surface area contributed by atoms with Crippen molar-refractivity contribution in [3.8, 4) is 0 Å². The molecule has 0 bridgehead atoms. The molecule has 10 heteroatoms. The first kappa shape index (κ1) is 26.6. The van der Waals surface area contributed by atoms with Crippen molar-refractivity contribution in [3.63, 3.8) is 0 Å². The maximum Gasteiger partial charge on any atom is 0.246 e. The predicted octanol–water partition coefficient (Wildman–Crippen LogP) is 0.523. The van der Waals surface area contributed by atoms with Gasteiger partial charge in [-0.25, -0.2) is 0 Å². The van der Waals surface area contributed by atoms with E-state index in [1.54, 1.807) is 19.6 Å². The summed E-state index contributed by atoms with van der Waals surface area (Å²) in [6, 6.07) is -2.83. The predicted molar refractivity (Wildman–Crippen MR) is 132 cm³/mol. The minimum absolute atomic E-state index is 0.0222. The molecule has 6 atom stereocenters. The van der Waals surface area contributed by atoms with Crippen LogP contribution in [0.15, 0.2) is 0 Å². The Hall–Kier alpha value is -2.49. The van der Waals surface area contributed by atoms with Crippen LogP contribution in [0.25, 0.3) is 0 Å². The van der Waals surface area contributed by atoms with E-state index in [0.29, 0.717) is 58.3 Å². The average Bonchev–Trinajstić information content (AvgIpc) is 3.71. The van der Waals surface area contributed by atoms with Gasteiger partial charge in [-0.1, -0.05) is 20.3 Å². The highest BCUT2D eigenvalue weighted by atomic mass is 16.2. The van der Waals surface area contributed by atoms with Crippen LogP contribution in [0.2, 0.25) is 0 Å². The van der Waals surface area contributed by atoms with E-state index in [2.05, 4.69) is 0 Å². The second kappa shape index (κ2) is 11.3. The molecular weight excluding hydrogens is 462 g/mol. The van der Waals surface area contributed by atoms with Crippen LogP contribution in [0.3, 0.4) is 0 Å². The number of nitrogens with two attached hydrogens (primary N) is 1. The smallest absolute Gasteiger partial charge is 0.246 e. The summed E-state index contributed by atoms with van der Waals surface area (Å²) in [5.41, 5.74) is 6.21. The van der Waals surface area contributed by atoms with Gasteiger partial charge in [-0.3, -0.25) is 19.2 Å². The topological polar surface area (TPSA) is 124 Å². The molecular formula is C26H41N5O5. The lowest BCUT2D eigenvalue weighted by atomic mass is 9.98. The minimum atomic E-state index is -0.642. The van der Waals surface area contributed by atoms with E-state index >= 15 is 0 Å². The maximum atomic E-state index is 13.7. The molecule has 4 fully saturated rings. The zero-order valence-electron chi connectivity index (χ0n) is 21.6. The van der Waals surface area contributed by atoms with Crippen LogP contribution in [0.5, 0.6) is 0 Å². The number of amides is 4. The van der Waals surface area contributed by atoms with E-state index in [4.69, 9.17) is 5.73 Å². The first-order valence-corrected chi connectivity index (χ1v) is 13.7. The fraction of sp³-hybridized carbons (Fsp3) is 0.808. The largest absolute Gasteiger partial charge is 0.331 e. The van der Waals surface area contributed by atoms with E-state index in [1.807, 2.05) is 13.8 Å². The fourth-order valence-electron chi connectivity index (χ4n) is 6.33. The molecule has 0 spiro atoms. The van der Waals surface area contributed by atoms with Gasteiger partial charge >= 0.3 is 0 Å². The molecule has 0 unspecified atom stereocenters. The van der Waals surface area contributed by atoms with Gasteiger partial charge in [0, 0.05) is 26.2 Å². The Morgan fingerprint density at radius 2 is 1.17 bits per heavy atom. The van der Waals surface area contributed by atoms with Crippen molar-refractivity contribution < 1.29 is 24.0 Å². The molecule has 4 amide bonds. The zero-order chi connectivity index (χ0) is 26.0. The highest BCUT2D eigenvalue weighted by Gasteiger charge is 2.47. The second-order valence-electron chi connectivity index (χ2n) is 10.9. The molecule has 4 saturated heterocycles. The van der Waals surface area contributed by atoms with E-state index in [0.717, 1.165) is 32.0 Å². The Morgan fingerprint density at radius 3 is 1.67 bits per heavy atom. The quantitative estimate of drug-likeness (QED) is 0.505. The summed E-state index contributed by atoms with van der Waals surface area (Å²) in [5.74, 6) is -0.698. The summed E-state index contributed by atoms with van der Waals surface area (Å²) in [5, 5.41) is 0. The lowest BCUT2D eigenvalue weighted by Crippen LogP contribution is -2.57. The number of hydrogen-bond donors (Lipinski definition) is 1. The van der Waals surface area contributed by atoms with Crippen LogP contribution in [0.4, 0.5) is 0 Å². The lowest BCUT2D eigenvalue weighted by molar-refractivity contribution is -0.152. The van der Waals surface area contributed by atoms with Gasteiger partial charge in [0.15, 0.2) is 0 Å². The highest BCUT2D eigenvalue weighted by Crippen LogP contribution is 2.30. The van der Waals surface area contributed by atoms with E-state index in [-0.39, 0.29) is 29.5 Å². The zero-order valence-corrected chi connectivity index (χ0v) is 21.6. The third-order valence-corrected chi connectivity index (χ3v) is 8.74. The monoisotopic (exact) mass is 503 g/mol. The van der Waals surface area contributed by atoms with Crippen LogP contribution in [-0.2, 0) is 24.0 Å². The molecule has 10 nitrogen and oxygen atoms in total. The van der Waals surface area contributed by atoms with Gasteiger partial charge in [-0.15, -0.1) is 0 Å². The minimum Gasteiger partial charge on any atom is -0.331 e. The molecule has 0 saturated carbocycles. The Morgan fingerprint density at radius 1 is 0.750 bits per heavy atom. The van der Waals surface area contributed by atoms with E-state index < -0.39 is 30.2 Å². The number of carbonyl (C=O) groups is 5. The van der Waals surface area contributed by atoms with Crippen molar-refractivity contribution in [1.82, 2.24) is 19.6 Å². The van der Waals surface area contributed by atoms with Crippen molar-refractivity contribution in [2.45, 2.75) is 102 Å². The Bertz CT molecular complexity index is 881. The number of nitrogens with zero attached hydrogens (tertiary/aromatic N) is 4. The van der Waals surface area contributed by atoms with Gasteiger partial charge in [-0.05, 0) is 57.3 Å².